The Hall–Kier alpha value is -2.60. The molecular weight excluding hydrogens is 222 g/mol. The lowest BCUT2D eigenvalue weighted by Gasteiger charge is -2.05. The van der Waals surface area contributed by atoms with Crippen LogP contribution in [0, 0.1) is 18.3 Å². The highest BCUT2D eigenvalue weighted by molar-refractivity contribution is 5.84. The summed E-state index contributed by atoms with van der Waals surface area (Å²) in [5.74, 6) is 0. The molecular formula is C15H11N3. The van der Waals surface area contributed by atoms with E-state index in [9.17, 15) is 5.26 Å². The summed E-state index contributed by atoms with van der Waals surface area (Å²) in [5.41, 5.74) is 3.48. The first kappa shape index (κ1) is 10.5. The predicted molar refractivity (Wildman–Crippen MR) is 70.5 cm³/mol. The van der Waals surface area contributed by atoms with Crippen molar-refractivity contribution in [1.29, 1.82) is 5.26 Å². The molecule has 0 aliphatic carbocycles. The minimum Gasteiger partial charge on any atom is -0.222 e. The molecule has 0 amide bonds. The van der Waals surface area contributed by atoms with Crippen LogP contribution in [0.3, 0.4) is 0 Å². The van der Waals surface area contributed by atoms with Crippen LogP contribution in [0.2, 0.25) is 0 Å². The average molecular weight is 233 g/mol. The molecule has 0 spiro atoms. The Kier molecular flexibility index (Phi) is 2.35. The van der Waals surface area contributed by atoms with Crippen molar-refractivity contribution in [1.82, 2.24) is 9.78 Å². The number of hydrogen-bond donors (Lipinski definition) is 0. The van der Waals surface area contributed by atoms with Crippen LogP contribution in [0.25, 0.3) is 16.6 Å². The third kappa shape index (κ3) is 1.47. The largest absolute Gasteiger partial charge is 0.222 e. The van der Waals surface area contributed by atoms with Gasteiger partial charge in [-0.15, -0.1) is 0 Å². The number of aromatic nitrogens is 2. The number of nitrogens with zero attached hydrogens (tertiary/aromatic N) is 3. The normalized spacial score (nSPS) is 10.4. The van der Waals surface area contributed by atoms with E-state index >= 15 is 0 Å². The smallest absolute Gasteiger partial charge is 0.152 e. The van der Waals surface area contributed by atoms with E-state index < -0.39 is 0 Å². The first-order chi connectivity index (χ1) is 8.81. The first-order valence-corrected chi connectivity index (χ1v) is 5.75. The zero-order valence-electron chi connectivity index (χ0n) is 9.96. The van der Waals surface area contributed by atoms with Crippen LogP contribution in [-0.4, -0.2) is 9.78 Å². The molecule has 0 fully saturated rings. The molecule has 0 saturated heterocycles. The van der Waals surface area contributed by atoms with E-state index in [1.807, 2.05) is 55.5 Å². The van der Waals surface area contributed by atoms with Gasteiger partial charge in [-0.3, -0.25) is 0 Å². The number of rotatable bonds is 1. The highest BCUT2D eigenvalue weighted by atomic mass is 15.3. The van der Waals surface area contributed by atoms with Crippen molar-refractivity contribution < 1.29 is 0 Å². The summed E-state index contributed by atoms with van der Waals surface area (Å²) in [6.45, 7) is 2.02. The van der Waals surface area contributed by atoms with E-state index in [2.05, 4.69) is 11.2 Å². The molecule has 3 heteroatoms. The van der Waals surface area contributed by atoms with E-state index in [0.717, 1.165) is 22.2 Å². The molecule has 3 rings (SSSR count). The fraction of sp³-hybridized carbons (Fsp3) is 0.0667. The van der Waals surface area contributed by atoms with Gasteiger partial charge < -0.3 is 0 Å². The minimum absolute atomic E-state index is 0.583. The number of hydrogen-bond acceptors (Lipinski definition) is 2. The molecule has 0 radical (unpaired) electrons. The van der Waals surface area contributed by atoms with E-state index in [1.165, 1.54) is 0 Å². The summed E-state index contributed by atoms with van der Waals surface area (Å²) in [6.07, 6.45) is 0. The van der Waals surface area contributed by atoms with Crippen molar-refractivity contribution in [2.24, 2.45) is 0 Å². The van der Waals surface area contributed by atoms with Crippen LogP contribution in [0.5, 0.6) is 0 Å². The minimum atomic E-state index is 0.583. The molecule has 1 heterocycles. The lowest BCUT2D eigenvalue weighted by atomic mass is 10.2. The molecule has 0 unspecified atom stereocenters. The van der Waals surface area contributed by atoms with Crippen molar-refractivity contribution in [3.8, 4) is 11.8 Å². The summed E-state index contributed by atoms with van der Waals surface area (Å²) in [7, 11) is 0. The number of fused-ring (bicyclic) bond motifs is 1. The van der Waals surface area contributed by atoms with Gasteiger partial charge in [-0.25, -0.2) is 4.68 Å². The maximum Gasteiger partial charge on any atom is 0.152 e. The van der Waals surface area contributed by atoms with Crippen LogP contribution < -0.4 is 0 Å². The van der Waals surface area contributed by atoms with Crippen molar-refractivity contribution in [3.05, 3.63) is 59.8 Å². The van der Waals surface area contributed by atoms with Gasteiger partial charge in [0.1, 0.15) is 6.07 Å². The molecule has 3 aromatic rings. The first-order valence-electron chi connectivity index (χ1n) is 5.75. The van der Waals surface area contributed by atoms with Crippen LogP contribution >= 0.6 is 0 Å². The van der Waals surface area contributed by atoms with Crippen molar-refractivity contribution >= 4 is 10.9 Å². The number of aryl methyl sites for hydroxylation is 1. The monoisotopic (exact) mass is 233 g/mol. The summed E-state index contributed by atoms with van der Waals surface area (Å²) in [5, 5.41) is 14.7. The van der Waals surface area contributed by atoms with E-state index in [-0.39, 0.29) is 0 Å². The summed E-state index contributed by atoms with van der Waals surface area (Å²) >= 11 is 0. The summed E-state index contributed by atoms with van der Waals surface area (Å²) < 4.78 is 1.72. The second kappa shape index (κ2) is 4.01. The van der Waals surface area contributed by atoms with Gasteiger partial charge >= 0.3 is 0 Å². The number of para-hydroxylation sites is 1. The number of benzene rings is 2. The fourth-order valence-electron chi connectivity index (χ4n) is 2.12. The average Bonchev–Trinajstić information content (AvgIpc) is 2.77. The Morgan fingerprint density at radius 1 is 1.06 bits per heavy atom. The summed E-state index contributed by atoms with van der Waals surface area (Å²) in [4.78, 5) is 0. The van der Waals surface area contributed by atoms with Gasteiger partial charge in [-0.1, -0.05) is 30.3 Å². The van der Waals surface area contributed by atoms with E-state index in [0.29, 0.717) is 5.69 Å². The Labute approximate surface area is 105 Å². The van der Waals surface area contributed by atoms with Crippen LogP contribution in [0.1, 0.15) is 11.3 Å². The maximum absolute atomic E-state index is 9.35. The number of nitriles is 1. The van der Waals surface area contributed by atoms with Gasteiger partial charge in [-0.2, -0.15) is 10.4 Å². The Balaban J connectivity index is 2.37. The molecule has 86 valence electrons. The van der Waals surface area contributed by atoms with Crippen LogP contribution in [0.15, 0.2) is 48.5 Å². The van der Waals surface area contributed by atoms with Gasteiger partial charge in [0.15, 0.2) is 5.69 Å². The zero-order valence-corrected chi connectivity index (χ0v) is 9.96. The molecule has 2 aromatic carbocycles. The lowest BCUT2D eigenvalue weighted by Crippen LogP contribution is -2.01. The molecule has 0 aliphatic heterocycles. The second-order valence-electron chi connectivity index (χ2n) is 4.18. The second-order valence-corrected chi connectivity index (χ2v) is 4.18. The van der Waals surface area contributed by atoms with Crippen molar-refractivity contribution in [2.75, 3.05) is 0 Å². The molecule has 0 N–H and O–H groups in total. The van der Waals surface area contributed by atoms with Crippen molar-refractivity contribution in [3.63, 3.8) is 0 Å². The standard InChI is InChI=1S/C15H11N3/c1-11-6-2-5-9-14(11)18-15(10-16)12-7-3-4-8-13(12)17-18/h2-9H,1H3. The third-order valence-electron chi connectivity index (χ3n) is 3.03. The van der Waals surface area contributed by atoms with Gasteiger partial charge in [-0.05, 0) is 30.7 Å². The maximum atomic E-state index is 9.35. The Bertz CT molecular complexity index is 763. The molecule has 0 aliphatic rings. The fourth-order valence-corrected chi connectivity index (χ4v) is 2.12. The van der Waals surface area contributed by atoms with Crippen molar-refractivity contribution in [2.45, 2.75) is 6.92 Å². The molecule has 0 atom stereocenters. The molecule has 3 nitrogen and oxygen atoms in total. The molecule has 0 saturated carbocycles. The lowest BCUT2D eigenvalue weighted by molar-refractivity contribution is 0.873. The van der Waals surface area contributed by atoms with Gasteiger partial charge in [0.25, 0.3) is 0 Å². The van der Waals surface area contributed by atoms with Gasteiger partial charge in [0.2, 0.25) is 0 Å². The zero-order chi connectivity index (χ0) is 12.5. The Morgan fingerprint density at radius 2 is 1.78 bits per heavy atom. The van der Waals surface area contributed by atoms with Gasteiger partial charge in [0.05, 0.1) is 11.2 Å². The topological polar surface area (TPSA) is 41.6 Å². The van der Waals surface area contributed by atoms with Gasteiger partial charge in [0, 0.05) is 5.39 Å². The predicted octanol–water partition coefficient (Wildman–Crippen LogP) is 3.21. The van der Waals surface area contributed by atoms with E-state index in [4.69, 9.17) is 0 Å². The van der Waals surface area contributed by atoms with Crippen LogP contribution in [-0.2, 0) is 0 Å². The third-order valence-corrected chi connectivity index (χ3v) is 3.03. The van der Waals surface area contributed by atoms with Crippen LogP contribution in [0.4, 0.5) is 0 Å². The highest BCUT2D eigenvalue weighted by Crippen LogP contribution is 2.22. The SMILES string of the molecule is Cc1ccccc1-n1nc2ccccc2c1C#N. The summed E-state index contributed by atoms with van der Waals surface area (Å²) in [6, 6.07) is 17.9. The molecule has 0 bridgehead atoms. The quantitative estimate of drug-likeness (QED) is 0.647. The Morgan fingerprint density at radius 3 is 2.56 bits per heavy atom. The van der Waals surface area contributed by atoms with E-state index in [1.54, 1.807) is 4.68 Å². The highest BCUT2D eigenvalue weighted by Gasteiger charge is 2.12. The molecule has 1 aromatic heterocycles. The molecule has 18 heavy (non-hydrogen) atoms.